The van der Waals surface area contributed by atoms with Gasteiger partial charge in [0.25, 0.3) is 5.91 Å². The second-order valence-electron chi connectivity index (χ2n) is 9.68. The van der Waals surface area contributed by atoms with Crippen LogP contribution in [0.4, 0.5) is 29.3 Å². The number of alkyl carbamates (subject to hydrolysis) is 1. The van der Waals surface area contributed by atoms with E-state index in [9.17, 15) is 22.8 Å². The van der Waals surface area contributed by atoms with Gasteiger partial charge in [-0.25, -0.2) is 22.9 Å². The molecule has 42 heavy (non-hydrogen) atoms. The number of amides is 2. The normalized spacial score (nSPS) is 18.4. The Bertz CT molecular complexity index is 1410. The van der Waals surface area contributed by atoms with E-state index >= 15 is 0 Å². The Kier molecular flexibility index (Phi) is 9.80. The molecule has 3 atom stereocenters. The van der Waals surface area contributed by atoms with E-state index in [0.29, 0.717) is 24.5 Å². The highest BCUT2D eigenvalue weighted by molar-refractivity contribution is 6.04. The first-order valence-corrected chi connectivity index (χ1v) is 13.0. The molecule has 0 aliphatic carbocycles. The van der Waals surface area contributed by atoms with Gasteiger partial charge in [0.05, 0.1) is 42.9 Å². The summed E-state index contributed by atoms with van der Waals surface area (Å²) >= 11 is 0. The van der Waals surface area contributed by atoms with Crippen LogP contribution in [-0.2, 0) is 9.47 Å². The van der Waals surface area contributed by atoms with Crippen molar-refractivity contribution >= 4 is 23.4 Å². The molecule has 11 nitrogen and oxygen atoms in total. The van der Waals surface area contributed by atoms with Gasteiger partial charge < -0.3 is 35.5 Å². The van der Waals surface area contributed by atoms with Gasteiger partial charge in [0, 0.05) is 44.6 Å². The van der Waals surface area contributed by atoms with Crippen molar-refractivity contribution in [3.63, 3.8) is 0 Å². The molecule has 224 valence electrons. The van der Waals surface area contributed by atoms with Crippen LogP contribution in [0.25, 0.3) is 11.3 Å². The fourth-order valence-corrected chi connectivity index (χ4v) is 4.76. The lowest BCUT2D eigenvalue weighted by Crippen LogP contribution is -2.62. The number of aromatic nitrogens is 2. The Labute approximate surface area is 240 Å². The zero-order valence-corrected chi connectivity index (χ0v) is 23.2. The first-order valence-electron chi connectivity index (χ1n) is 13.0. The van der Waals surface area contributed by atoms with Crippen molar-refractivity contribution in [2.45, 2.75) is 19.0 Å². The van der Waals surface area contributed by atoms with E-state index in [0.717, 1.165) is 24.3 Å². The predicted octanol–water partition coefficient (Wildman–Crippen LogP) is 3.35. The van der Waals surface area contributed by atoms with Gasteiger partial charge in [0.1, 0.15) is 41.2 Å². The van der Waals surface area contributed by atoms with Crippen molar-refractivity contribution in [2.24, 2.45) is 11.7 Å². The molecular weight excluding hydrogens is 557 g/mol. The SMILES string of the molecule is COCCOc1cc(F)c(-c2nc(C(=O)Nc3cnccc3N3CC(C)C(NC(=O)OC)C(N)C3)ccc2F)c(F)c1. The van der Waals surface area contributed by atoms with Crippen LogP contribution in [0.5, 0.6) is 5.75 Å². The van der Waals surface area contributed by atoms with Crippen molar-refractivity contribution in [1.82, 2.24) is 15.3 Å². The minimum absolute atomic E-state index is 0.0561. The van der Waals surface area contributed by atoms with Crippen molar-refractivity contribution in [3.8, 4) is 17.0 Å². The summed E-state index contributed by atoms with van der Waals surface area (Å²) in [5, 5.41) is 5.45. The van der Waals surface area contributed by atoms with E-state index in [4.69, 9.17) is 19.9 Å². The third-order valence-electron chi connectivity index (χ3n) is 6.76. The van der Waals surface area contributed by atoms with Crippen LogP contribution in [0.1, 0.15) is 17.4 Å². The maximum Gasteiger partial charge on any atom is 0.407 e. The Hall–Kier alpha value is -4.43. The fourth-order valence-electron chi connectivity index (χ4n) is 4.76. The molecule has 4 rings (SSSR count). The molecule has 1 fully saturated rings. The third-order valence-corrected chi connectivity index (χ3v) is 6.76. The smallest absolute Gasteiger partial charge is 0.407 e. The van der Waals surface area contributed by atoms with Gasteiger partial charge in [0.2, 0.25) is 0 Å². The number of rotatable bonds is 9. The second-order valence-corrected chi connectivity index (χ2v) is 9.68. The van der Waals surface area contributed by atoms with E-state index < -0.39 is 46.8 Å². The minimum Gasteiger partial charge on any atom is -0.491 e. The molecule has 0 spiro atoms. The summed E-state index contributed by atoms with van der Waals surface area (Å²) in [4.78, 5) is 34.9. The molecule has 2 amide bonds. The van der Waals surface area contributed by atoms with Gasteiger partial charge >= 0.3 is 6.09 Å². The number of anilines is 2. The Balaban J connectivity index is 1.55. The molecule has 2 aromatic heterocycles. The average Bonchev–Trinajstić information content (AvgIpc) is 2.95. The number of nitrogens with one attached hydrogen (secondary N) is 2. The molecule has 3 heterocycles. The lowest BCUT2D eigenvalue weighted by atomic mass is 9.90. The number of halogens is 3. The molecule has 0 bridgehead atoms. The molecule has 4 N–H and O–H groups in total. The van der Waals surface area contributed by atoms with E-state index in [1.165, 1.54) is 20.4 Å². The quantitative estimate of drug-likeness (QED) is 0.321. The number of methoxy groups -OCH3 is 2. The summed E-state index contributed by atoms with van der Waals surface area (Å²) < 4.78 is 59.3. The summed E-state index contributed by atoms with van der Waals surface area (Å²) in [6.45, 7) is 3.01. The molecule has 1 aromatic carbocycles. The molecule has 1 saturated heterocycles. The number of pyridine rings is 2. The van der Waals surface area contributed by atoms with E-state index in [2.05, 4.69) is 20.6 Å². The maximum absolute atomic E-state index is 14.9. The number of piperidine rings is 1. The van der Waals surface area contributed by atoms with Crippen LogP contribution < -0.4 is 26.0 Å². The summed E-state index contributed by atoms with van der Waals surface area (Å²) in [5.41, 5.74) is 5.56. The van der Waals surface area contributed by atoms with Crippen molar-refractivity contribution in [2.75, 3.05) is 50.7 Å². The average molecular weight is 589 g/mol. The molecule has 3 aromatic rings. The van der Waals surface area contributed by atoms with Crippen LogP contribution in [0, 0.1) is 23.4 Å². The molecule has 1 aliphatic heterocycles. The van der Waals surface area contributed by atoms with Gasteiger partial charge in [-0.05, 0) is 24.1 Å². The molecule has 0 saturated carbocycles. The summed E-state index contributed by atoms with van der Waals surface area (Å²) in [6, 6.07) is 4.72. The summed E-state index contributed by atoms with van der Waals surface area (Å²) in [5.74, 6) is -4.19. The Morgan fingerprint density at radius 2 is 1.81 bits per heavy atom. The molecule has 0 radical (unpaired) electrons. The number of nitrogens with zero attached hydrogens (tertiary/aromatic N) is 3. The number of nitrogens with two attached hydrogens (primary N) is 1. The van der Waals surface area contributed by atoms with Gasteiger partial charge in [-0.1, -0.05) is 6.92 Å². The first kappa shape index (κ1) is 30.5. The Morgan fingerprint density at radius 3 is 2.48 bits per heavy atom. The first-order chi connectivity index (χ1) is 20.1. The van der Waals surface area contributed by atoms with E-state index in [1.54, 1.807) is 12.3 Å². The highest BCUT2D eigenvalue weighted by Gasteiger charge is 2.34. The summed E-state index contributed by atoms with van der Waals surface area (Å²) in [6.07, 6.45) is 2.39. The number of benzene rings is 1. The van der Waals surface area contributed by atoms with Crippen LogP contribution in [0.2, 0.25) is 0 Å². The molecule has 1 aliphatic rings. The highest BCUT2D eigenvalue weighted by atomic mass is 19.1. The standard InChI is InChI=1S/C28H31F3N6O5/c1-15-13-37(14-20(32)25(15)36-28(39)41-3)23-6-7-33-12-22(23)35-27(38)21-5-4-17(29)26(34-21)24-18(30)10-16(11-19(24)31)42-9-8-40-2/h4-7,10-12,15,20,25H,8-9,13-14,32H2,1-3H3,(H,35,38)(H,36,39). The van der Waals surface area contributed by atoms with Crippen molar-refractivity contribution < 1.29 is 37.0 Å². The number of hydrogen-bond acceptors (Lipinski definition) is 9. The number of carbonyl (C=O) groups excluding carboxylic acids is 2. The van der Waals surface area contributed by atoms with Crippen LogP contribution in [-0.4, -0.2) is 74.6 Å². The predicted molar refractivity (Wildman–Crippen MR) is 148 cm³/mol. The number of ether oxygens (including phenoxy) is 3. The highest BCUT2D eigenvalue weighted by Crippen LogP contribution is 2.32. The summed E-state index contributed by atoms with van der Waals surface area (Å²) in [7, 11) is 2.72. The number of hydrogen-bond donors (Lipinski definition) is 3. The van der Waals surface area contributed by atoms with Crippen LogP contribution in [0.15, 0.2) is 42.7 Å². The number of carbonyl (C=O) groups is 2. The monoisotopic (exact) mass is 588 g/mol. The van der Waals surface area contributed by atoms with Crippen LogP contribution in [0.3, 0.4) is 0 Å². The molecule has 14 heteroatoms. The van der Waals surface area contributed by atoms with E-state index in [1.807, 2.05) is 11.8 Å². The lowest BCUT2D eigenvalue weighted by molar-refractivity contribution is 0.102. The third kappa shape index (κ3) is 6.89. The van der Waals surface area contributed by atoms with E-state index in [-0.39, 0.29) is 36.6 Å². The van der Waals surface area contributed by atoms with Gasteiger partial charge in [0.15, 0.2) is 0 Å². The van der Waals surface area contributed by atoms with Gasteiger partial charge in [-0.2, -0.15) is 0 Å². The van der Waals surface area contributed by atoms with Crippen molar-refractivity contribution in [1.29, 1.82) is 0 Å². The fraction of sp³-hybridized carbons (Fsp3) is 0.357. The van der Waals surface area contributed by atoms with Crippen molar-refractivity contribution in [3.05, 3.63) is 65.9 Å². The lowest BCUT2D eigenvalue weighted by Gasteiger charge is -2.42. The largest absolute Gasteiger partial charge is 0.491 e. The van der Waals surface area contributed by atoms with Gasteiger partial charge in [-0.15, -0.1) is 0 Å². The topological polar surface area (TPSA) is 141 Å². The second kappa shape index (κ2) is 13.5. The van der Waals surface area contributed by atoms with Crippen LogP contribution >= 0.6 is 0 Å². The zero-order valence-electron chi connectivity index (χ0n) is 23.2. The maximum atomic E-state index is 14.9. The van der Waals surface area contributed by atoms with Gasteiger partial charge in [-0.3, -0.25) is 9.78 Å². The Morgan fingerprint density at radius 1 is 1.07 bits per heavy atom. The minimum atomic E-state index is -1.11. The molecular formula is C28H31F3N6O5. The molecule has 3 unspecified atom stereocenters. The zero-order chi connectivity index (χ0) is 30.4.